The molecule has 0 spiro atoms. The summed E-state index contributed by atoms with van der Waals surface area (Å²) in [7, 11) is 2.40. The Morgan fingerprint density at radius 2 is 1.71 bits per heavy atom. The lowest BCUT2D eigenvalue weighted by atomic mass is 9.99. The molecule has 0 amide bonds. The average molecular weight is 490 g/mol. The molecule has 176 valence electrons. The van der Waals surface area contributed by atoms with Gasteiger partial charge in [0.2, 0.25) is 9.76 Å². The van der Waals surface area contributed by atoms with E-state index in [-0.39, 0.29) is 5.04 Å². The number of aryl methyl sites for hydroxylation is 1. The fourth-order valence-electron chi connectivity index (χ4n) is 3.38. The molecule has 4 rings (SSSR count). The highest BCUT2D eigenvalue weighted by Gasteiger charge is 2.28. The van der Waals surface area contributed by atoms with Crippen molar-refractivity contribution in [2.24, 2.45) is 0 Å². The molecule has 0 aliphatic rings. The number of benzene rings is 1. The number of aromatic nitrogens is 3. The second kappa shape index (κ2) is 9.44. The first-order chi connectivity index (χ1) is 16.0. The molecule has 1 aromatic carbocycles. The lowest BCUT2D eigenvalue weighted by Crippen LogP contribution is -2.28. The van der Waals surface area contributed by atoms with Crippen LogP contribution in [0.5, 0.6) is 0 Å². The Kier molecular flexibility index (Phi) is 6.75. The van der Waals surface area contributed by atoms with Gasteiger partial charge in [-0.2, -0.15) is 0 Å². The molecule has 0 aliphatic carbocycles. The van der Waals surface area contributed by atoms with Crippen molar-refractivity contribution in [2.75, 3.05) is 17.3 Å². The highest BCUT2D eigenvalue weighted by molar-refractivity contribution is 7.21. The SMILES string of the molecule is Cc1ccc(N(C)c2ccc3nc(Nc4ncccc4C(C)(C)O[Si]C(C)(C)C)sc3n2)cc1. The van der Waals surface area contributed by atoms with Crippen molar-refractivity contribution in [3.63, 3.8) is 0 Å². The Morgan fingerprint density at radius 3 is 2.41 bits per heavy atom. The highest BCUT2D eigenvalue weighted by Crippen LogP contribution is 2.35. The summed E-state index contributed by atoms with van der Waals surface area (Å²) in [6, 6.07) is 16.4. The largest absolute Gasteiger partial charge is 0.408 e. The summed E-state index contributed by atoms with van der Waals surface area (Å²) in [6.45, 7) is 12.8. The van der Waals surface area contributed by atoms with Crippen molar-refractivity contribution in [1.29, 1.82) is 0 Å². The van der Waals surface area contributed by atoms with E-state index < -0.39 is 5.60 Å². The van der Waals surface area contributed by atoms with E-state index in [1.807, 2.05) is 25.2 Å². The van der Waals surface area contributed by atoms with Crippen molar-refractivity contribution in [3.05, 3.63) is 65.9 Å². The molecule has 4 aromatic rings. The van der Waals surface area contributed by atoms with Gasteiger partial charge in [-0.25, -0.2) is 15.0 Å². The Morgan fingerprint density at radius 1 is 0.971 bits per heavy atom. The maximum Gasteiger partial charge on any atom is 0.236 e. The predicted molar refractivity (Wildman–Crippen MR) is 144 cm³/mol. The van der Waals surface area contributed by atoms with Crippen LogP contribution in [0.1, 0.15) is 45.7 Å². The summed E-state index contributed by atoms with van der Waals surface area (Å²) >= 11 is 1.52. The molecule has 2 radical (unpaired) electrons. The van der Waals surface area contributed by atoms with Gasteiger partial charge in [-0.1, -0.05) is 55.9 Å². The van der Waals surface area contributed by atoms with E-state index in [4.69, 9.17) is 14.4 Å². The molecule has 0 fully saturated rings. The van der Waals surface area contributed by atoms with E-state index >= 15 is 0 Å². The number of pyridine rings is 2. The smallest absolute Gasteiger partial charge is 0.236 e. The summed E-state index contributed by atoms with van der Waals surface area (Å²) in [4.78, 5) is 17.2. The van der Waals surface area contributed by atoms with Gasteiger partial charge in [-0.15, -0.1) is 0 Å². The minimum atomic E-state index is -0.485. The van der Waals surface area contributed by atoms with Crippen molar-refractivity contribution in [1.82, 2.24) is 15.0 Å². The third-order valence-corrected chi connectivity index (χ3v) is 7.41. The quantitative estimate of drug-likeness (QED) is 0.282. The van der Waals surface area contributed by atoms with Crippen molar-refractivity contribution >= 4 is 53.9 Å². The minimum absolute atomic E-state index is 0.106. The van der Waals surface area contributed by atoms with E-state index in [1.165, 1.54) is 16.9 Å². The number of hydrogen-bond donors (Lipinski definition) is 1. The van der Waals surface area contributed by atoms with Gasteiger partial charge in [-0.05, 0) is 56.1 Å². The number of thiazole rings is 1. The van der Waals surface area contributed by atoms with Crippen LogP contribution in [-0.4, -0.2) is 31.8 Å². The average Bonchev–Trinajstić information content (AvgIpc) is 3.19. The second-order valence-electron chi connectivity index (χ2n) is 9.90. The topological polar surface area (TPSA) is 63.2 Å². The number of nitrogens with one attached hydrogen (secondary N) is 1. The first-order valence-electron chi connectivity index (χ1n) is 11.3. The van der Waals surface area contributed by atoms with Gasteiger partial charge < -0.3 is 14.6 Å². The van der Waals surface area contributed by atoms with Crippen LogP contribution in [0, 0.1) is 6.92 Å². The standard InChI is InChI=1S/C26H31N5OSSi/c1-17-10-12-18(13-11-17)31(7)21-15-14-20-23(29-21)33-24(28-20)30-22-19(9-8-16-27-22)26(5,6)32-34-25(2,3)4/h8-16H,1-7H3,(H,27,28,30). The predicted octanol–water partition coefficient (Wildman–Crippen LogP) is 7.00. The molecule has 8 heteroatoms. The number of hydrogen-bond acceptors (Lipinski definition) is 7. The molecule has 0 unspecified atom stereocenters. The van der Waals surface area contributed by atoms with Crippen molar-refractivity contribution in [2.45, 2.75) is 52.2 Å². The molecule has 3 heterocycles. The molecular formula is C26H31N5OSSi. The maximum atomic E-state index is 6.32. The zero-order chi connectivity index (χ0) is 24.5. The first kappa shape index (κ1) is 24.3. The molecule has 0 atom stereocenters. The minimum Gasteiger partial charge on any atom is -0.408 e. The third kappa shape index (κ3) is 5.63. The molecule has 0 saturated carbocycles. The summed E-state index contributed by atoms with van der Waals surface area (Å²) in [5.74, 6) is 1.63. The Labute approximate surface area is 208 Å². The van der Waals surface area contributed by atoms with Crippen molar-refractivity contribution in [3.8, 4) is 0 Å². The molecule has 0 saturated heterocycles. The summed E-state index contributed by atoms with van der Waals surface area (Å²) in [5, 5.41) is 4.28. The molecular weight excluding hydrogens is 458 g/mol. The summed E-state index contributed by atoms with van der Waals surface area (Å²) < 4.78 is 6.32. The van der Waals surface area contributed by atoms with E-state index in [1.54, 1.807) is 6.20 Å². The van der Waals surface area contributed by atoms with Gasteiger partial charge in [0.25, 0.3) is 0 Å². The summed E-state index contributed by atoms with van der Waals surface area (Å²) in [6.07, 6.45) is 1.79. The van der Waals surface area contributed by atoms with Crippen LogP contribution in [0.3, 0.4) is 0 Å². The van der Waals surface area contributed by atoms with Crippen LogP contribution in [0.2, 0.25) is 5.04 Å². The number of fused-ring (bicyclic) bond motifs is 1. The van der Waals surface area contributed by atoms with Crippen LogP contribution >= 0.6 is 11.3 Å². The number of rotatable bonds is 7. The van der Waals surface area contributed by atoms with Crippen LogP contribution in [0.4, 0.5) is 22.5 Å². The molecule has 0 aliphatic heterocycles. The Bertz CT molecular complexity index is 1280. The molecule has 3 aromatic heterocycles. The van der Waals surface area contributed by atoms with Gasteiger partial charge in [-0.3, -0.25) is 0 Å². The lowest BCUT2D eigenvalue weighted by Gasteiger charge is -2.30. The number of nitrogens with zero attached hydrogens (tertiary/aromatic N) is 4. The number of anilines is 4. The second-order valence-corrected chi connectivity index (χ2v) is 12.8. The van der Waals surface area contributed by atoms with Crippen molar-refractivity contribution < 1.29 is 4.43 Å². The van der Waals surface area contributed by atoms with E-state index in [0.717, 1.165) is 38.4 Å². The van der Waals surface area contributed by atoms with Gasteiger partial charge in [0, 0.05) is 24.5 Å². The van der Waals surface area contributed by atoms with Crippen LogP contribution in [-0.2, 0) is 10.0 Å². The molecule has 34 heavy (non-hydrogen) atoms. The molecule has 1 N–H and O–H groups in total. The van der Waals surface area contributed by atoms with Gasteiger partial charge in [0.05, 0.1) is 5.60 Å². The normalized spacial score (nSPS) is 12.2. The van der Waals surface area contributed by atoms with Gasteiger partial charge in [0.15, 0.2) is 5.13 Å². The van der Waals surface area contributed by atoms with E-state index in [0.29, 0.717) is 9.76 Å². The first-order valence-corrected chi connectivity index (χ1v) is 13.0. The third-order valence-electron chi connectivity index (χ3n) is 5.30. The molecule has 0 bridgehead atoms. The summed E-state index contributed by atoms with van der Waals surface area (Å²) in [5.41, 5.74) is 3.70. The fraction of sp³-hybridized carbons (Fsp3) is 0.346. The molecule has 6 nitrogen and oxygen atoms in total. The lowest BCUT2D eigenvalue weighted by molar-refractivity contribution is 0.110. The van der Waals surface area contributed by atoms with E-state index in [2.05, 4.69) is 87.1 Å². The zero-order valence-corrected chi connectivity index (χ0v) is 22.6. The van der Waals surface area contributed by atoms with Gasteiger partial charge in [0.1, 0.15) is 22.0 Å². The van der Waals surface area contributed by atoms with Crippen LogP contribution in [0.25, 0.3) is 10.3 Å². The maximum absolute atomic E-state index is 6.32. The fourth-order valence-corrected chi connectivity index (χ4v) is 4.88. The Hall–Kier alpha value is -2.81. The monoisotopic (exact) mass is 489 g/mol. The van der Waals surface area contributed by atoms with Gasteiger partial charge >= 0.3 is 0 Å². The highest BCUT2D eigenvalue weighted by atomic mass is 32.1. The van der Waals surface area contributed by atoms with Crippen LogP contribution < -0.4 is 10.2 Å². The van der Waals surface area contributed by atoms with Crippen LogP contribution in [0.15, 0.2) is 54.7 Å². The van der Waals surface area contributed by atoms with E-state index in [9.17, 15) is 0 Å². The zero-order valence-electron chi connectivity index (χ0n) is 20.8. The Balaban J connectivity index is 1.58.